The maximum Gasteiger partial charge on any atom is 0.171 e. The Labute approximate surface area is 131 Å². The first-order valence-electron chi connectivity index (χ1n) is 7.28. The van der Waals surface area contributed by atoms with E-state index >= 15 is 0 Å². The molecule has 1 heterocycles. The molecule has 5 heteroatoms. The van der Waals surface area contributed by atoms with Crippen molar-refractivity contribution < 1.29 is 0 Å². The second-order valence-electron chi connectivity index (χ2n) is 5.63. The van der Waals surface area contributed by atoms with Crippen molar-refractivity contribution in [3.8, 4) is 6.07 Å². The predicted octanol–water partition coefficient (Wildman–Crippen LogP) is 3.55. The molecule has 0 aliphatic heterocycles. The smallest absolute Gasteiger partial charge is 0.171 e. The van der Waals surface area contributed by atoms with Crippen molar-refractivity contribution in [3.63, 3.8) is 0 Å². The van der Waals surface area contributed by atoms with Crippen LogP contribution in [0.4, 0.5) is 17.2 Å². The third-order valence-electron chi connectivity index (χ3n) is 3.86. The van der Waals surface area contributed by atoms with E-state index in [1.165, 1.54) is 0 Å². The van der Waals surface area contributed by atoms with Gasteiger partial charge in [-0.15, -0.1) is 5.10 Å². The third kappa shape index (κ3) is 3.17. The minimum absolute atomic E-state index is 0.409. The molecule has 0 saturated carbocycles. The van der Waals surface area contributed by atoms with Crippen LogP contribution >= 0.6 is 0 Å². The zero-order valence-electron chi connectivity index (χ0n) is 13.7. The zero-order chi connectivity index (χ0) is 16.3. The van der Waals surface area contributed by atoms with Gasteiger partial charge in [0.25, 0.3) is 0 Å². The molecular weight excluding hydrogens is 274 g/mol. The number of rotatable bonds is 4. The summed E-state index contributed by atoms with van der Waals surface area (Å²) in [4.78, 5) is 2.18. The predicted molar refractivity (Wildman–Crippen MR) is 89.5 cm³/mol. The van der Waals surface area contributed by atoms with Crippen molar-refractivity contribution in [2.45, 2.75) is 33.7 Å². The Morgan fingerprint density at radius 3 is 2.59 bits per heavy atom. The molecule has 0 unspecified atom stereocenters. The van der Waals surface area contributed by atoms with E-state index in [4.69, 9.17) is 0 Å². The summed E-state index contributed by atoms with van der Waals surface area (Å²) in [5.74, 6) is 0.495. The summed E-state index contributed by atoms with van der Waals surface area (Å²) in [5, 5.41) is 20.8. The number of nitriles is 1. The van der Waals surface area contributed by atoms with Crippen LogP contribution in [0.3, 0.4) is 0 Å². The van der Waals surface area contributed by atoms with Gasteiger partial charge in [0.2, 0.25) is 0 Å². The molecule has 0 aliphatic carbocycles. The monoisotopic (exact) mass is 295 g/mol. The van der Waals surface area contributed by atoms with Crippen LogP contribution in [-0.2, 0) is 0 Å². The van der Waals surface area contributed by atoms with Crippen LogP contribution in [0.25, 0.3) is 0 Å². The standard InChI is InChI=1S/C17H21N5/c1-11(2)22(5)15-8-6-7-14(9-15)19-17-16(10-18)12(3)13(4)20-21-17/h6-9,11H,1-5H3,(H,19,21). The molecule has 0 radical (unpaired) electrons. The second kappa shape index (κ2) is 6.44. The number of aromatic nitrogens is 2. The topological polar surface area (TPSA) is 64.8 Å². The number of nitrogens with one attached hydrogen (secondary N) is 1. The van der Waals surface area contributed by atoms with E-state index in [-0.39, 0.29) is 0 Å². The lowest BCUT2D eigenvalue weighted by molar-refractivity contribution is 0.755. The normalized spacial score (nSPS) is 10.4. The van der Waals surface area contributed by atoms with Gasteiger partial charge < -0.3 is 10.2 Å². The maximum atomic E-state index is 9.35. The number of anilines is 3. The van der Waals surface area contributed by atoms with Gasteiger partial charge in [-0.2, -0.15) is 10.4 Å². The van der Waals surface area contributed by atoms with Crippen LogP contribution in [0.1, 0.15) is 30.7 Å². The molecule has 0 fully saturated rings. The summed E-state index contributed by atoms with van der Waals surface area (Å²) in [5.41, 5.74) is 4.16. The fourth-order valence-electron chi connectivity index (χ4n) is 2.07. The van der Waals surface area contributed by atoms with Gasteiger partial charge in [-0.25, -0.2) is 0 Å². The molecule has 0 amide bonds. The Morgan fingerprint density at radius 1 is 1.23 bits per heavy atom. The lowest BCUT2D eigenvalue weighted by Crippen LogP contribution is -2.25. The van der Waals surface area contributed by atoms with E-state index in [1.54, 1.807) is 0 Å². The summed E-state index contributed by atoms with van der Waals surface area (Å²) in [7, 11) is 2.06. The Bertz CT molecular complexity index is 715. The molecule has 0 saturated heterocycles. The SMILES string of the molecule is Cc1nnc(Nc2cccc(N(C)C(C)C)c2)c(C#N)c1C. The van der Waals surface area contributed by atoms with E-state index < -0.39 is 0 Å². The number of hydrogen-bond acceptors (Lipinski definition) is 5. The van der Waals surface area contributed by atoms with E-state index in [9.17, 15) is 5.26 Å². The van der Waals surface area contributed by atoms with Gasteiger partial charge >= 0.3 is 0 Å². The van der Waals surface area contributed by atoms with Gasteiger partial charge in [-0.1, -0.05) is 6.07 Å². The van der Waals surface area contributed by atoms with Crippen molar-refractivity contribution >= 4 is 17.2 Å². The van der Waals surface area contributed by atoms with Gasteiger partial charge in [0.15, 0.2) is 5.82 Å². The van der Waals surface area contributed by atoms with E-state index in [2.05, 4.69) is 53.4 Å². The quantitative estimate of drug-likeness (QED) is 0.934. The first-order valence-corrected chi connectivity index (χ1v) is 7.28. The summed E-state index contributed by atoms with van der Waals surface area (Å²) in [6.07, 6.45) is 0. The highest BCUT2D eigenvalue weighted by molar-refractivity contribution is 5.67. The van der Waals surface area contributed by atoms with Crippen LogP contribution in [-0.4, -0.2) is 23.3 Å². The fraction of sp³-hybridized carbons (Fsp3) is 0.353. The Hall–Kier alpha value is -2.61. The first-order chi connectivity index (χ1) is 10.4. The van der Waals surface area contributed by atoms with Gasteiger partial charge in [0.1, 0.15) is 11.6 Å². The molecule has 2 rings (SSSR count). The Balaban J connectivity index is 2.35. The van der Waals surface area contributed by atoms with Crippen LogP contribution in [0, 0.1) is 25.2 Å². The highest BCUT2D eigenvalue weighted by atomic mass is 15.2. The second-order valence-corrected chi connectivity index (χ2v) is 5.63. The number of hydrogen-bond donors (Lipinski definition) is 1. The molecule has 0 bridgehead atoms. The molecule has 114 valence electrons. The average Bonchev–Trinajstić information content (AvgIpc) is 2.51. The van der Waals surface area contributed by atoms with Gasteiger partial charge in [0.05, 0.1) is 5.69 Å². The molecule has 5 nitrogen and oxygen atoms in total. The zero-order valence-corrected chi connectivity index (χ0v) is 13.7. The molecule has 0 aliphatic rings. The molecule has 2 aromatic rings. The Morgan fingerprint density at radius 2 is 1.95 bits per heavy atom. The van der Waals surface area contributed by atoms with Crippen molar-refractivity contribution in [3.05, 3.63) is 41.1 Å². The highest BCUT2D eigenvalue weighted by Crippen LogP contribution is 2.25. The molecule has 0 atom stereocenters. The molecule has 0 spiro atoms. The number of aryl methyl sites for hydroxylation is 1. The molecule has 1 aromatic carbocycles. The Kier molecular flexibility index (Phi) is 4.62. The summed E-state index contributed by atoms with van der Waals surface area (Å²) < 4.78 is 0. The van der Waals surface area contributed by atoms with Crippen molar-refractivity contribution in [1.29, 1.82) is 5.26 Å². The van der Waals surface area contributed by atoms with Crippen LogP contribution in [0.5, 0.6) is 0 Å². The fourth-order valence-corrected chi connectivity index (χ4v) is 2.07. The maximum absolute atomic E-state index is 9.35. The van der Waals surface area contributed by atoms with Crippen molar-refractivity contribution in [1.82, 2.24) is 10.2 Å². The summed E-state index contributed by atoms with van der Waals surface area (Å²) in [6, 6.07) is 10.6. The lowest BCUT2D eigenvalue weighted by atomic mass is 10.1. The third-order valence-corrected chi connectivity index (χ3v) is 3.86. The first kappa shape index (κ1) is 15.8. The number of benzene rings is 1. The highest BCUT2D eigenvalue weighted by Gasteiger charge is 2.12. The molecule has 1 N–H and O–H groups in total. The lowest BCUT2D eigenvalue weighted by Gasteiger charge is -2.24. The van der Waals surface area contributed by atoms with Gasteiger partial charge in [0, 0.05) is 24.5 Å². The van der Waals surface area contributed by atoms with E-state index in [0.717, 1.165) is 22.6 Å². The molecule has 1 aromatic heterocycles. The van der Waals surface area contributed by atoms with E-state index in [1.807, 2.05) is 32.0 Å². The van der Waals surface area contributed by atoms with E-state index in [0.29, 0.717) is 17.4 Å². The van der Waals surface area contributed by atoms with Gasteiger partial charge in [-0.05, 0) is 51.5 Å². The average molecular weight is 295 g/mol. The van der Waals surface area contributed by atoms with Crippen LogP contribution < -0.4 is 10.2 Å². The molecule has 22 heavy (non-hydrogen) atoms. The minimum Gasteiger partial charge on any atom is -0.372 e. The van der Waals surface area contributed by atoms with Crippen molar-refractivity contribution in [2.24, 2.45) is 0 Å². The van der Waals surface area contributed by atoms with Crippen LogP contribution in [0.15, 0.2) is 24.3 Å². The molecular formula is C17H21N5. The minimum atomic E-state index is 0.409. The van der Waals surface area contributed by atoms with Gasteiger partial charge in [-0.3, -0.25) is 0 Å². The largest absolute Gasteiger partial charge is 0.372 e. The summed E-state index contributed by atoms with van der Waals surface area (Å²) in [6.45, 7) is 8.02. The number of nitrogens with zero attached hydrogens (tertiary/aromatic N) is 4. The van der Waals surface area contributed by atoms with Crippen molar-refractivity contribution in [2.75, 3.05) is 17.3 Å². The van der Waals surface area contributed by atoms with Crippen LogP contribution in [0.2, 0.25) is 0 Å². The summed E-state index contributed by atoms with van der Waals surface area (Å²) >= 11 is 0.